The Balaban J connectivity index is 2.51. The minimum absolute atomic E-state index is 0.220. The summed E-state index contributed by atoms with van der Waals surface area (Å²) in [5.74, 6) is -1.26. The molecule has 0 radical (unpaired) electrons. The fraction of sp³-hybridized carbons (Fsp3) is 0.312. The topological polar surface area (TPSA) is 93.7 Å². The number of methoxy groups -OCH3 is 1. The number of benzene rings is 1. The van der Waals surface area contributed by atoms with Gasteiger partial charge >= 0.3 is 5.97 Å². The molecule has 124 valence electrons. The van der Waals surface area contributed by atoms with Crippen molar-refractivity contribution in [2.24, 2.45) is 0 Å². The highest BCUT2D eigenvalue weighted by Crippen LogP contribution is 2.09. The van der Waals surface area contributed by atoms with E-state index in [2.05, 4.69) is 15.4 Å². The van der Waals surface area contributed by atoms with Gasteiger partial charge in [-0.3, -0.25) is 9.59 Å². The Kier molecular flexibility index (Phi) is 8.09. The summed E-state index contributed by atoms with van der Waals surface area (Å²) in [6.07, 6.45) is 2.14. The molecule has 0 spiro atoms. The summed E-state index contributed by atoms with van der Waals surface area (Å²) in [5.41, 5.74) is 0.984. The molecule has 0 saturated heterocycles. The number of hydrogen-bond donors (Lipinski definition) is 2. The van der Waals surface area contributed by atoms with E-state index < -0.39 is 11.9 Å². The average molecular weight is 320 g/mol. The number of carbonyl (C=O) groups excluding carboxylic acids is 3. The Morgan fingerprint density at radius 2 is 1.83 bits per heavy atom. The molecule has 0 aliphatic carbocycles. The first kappa shape index (κ1) is 18.4. The number of amides is 2. The fourth-order valence-corrected chi connectivity index (χ4v) is 1.59. The monoisotopic (exact) mass is 320 g/mol. The van der Waals surface area contributed by atoms with Gasteiger partial charge in [-0.15, -0.1) is 0 Å². The van der Waals surface area contributed by atoms with Gasteiger partial charge in [0.2, 0.25) is 5.91 Å². The van der Waals surface area contributed by atoms with Gasteiger partial charge < -0.3 is 20.1 Å². The van der Waals surface area contributed by atoms with Crippen LogP contribution in [0.5, 0.6) is 0 Å². The molecule has 0 atom stereocenters. The molecule has 0 saturated carbocycles. The van der Waals surface area contributed by atoms with Crippen molar-refractivity contribution in [1.82, 2.24) is 5.32 Å². The van der Waals surface area contributed by atoms with E-state index >= 15 is 0 Å². The quantitative estimate of drug-likeness (QED) is 0.425. The van der Waals surface area contributed by atoms with Gasteiger partial charge in [0.25, 0.3) is 5.91 Å². The van der Waals surface area contributed by atoms with Gasteiger partial charge in [-0.2, -0.15) is 0 Å². The number of ether oxygens (including phenoxy) is 2. The molecular weight excluding hydrogens is 300 g/mol. The van der Waals surface area contributed by atoms with Crippen LogP contribution in [0.25, 0.3) is 0 Å². The van der Waals surface area contributed by atoms with Crippen LogP contribution in [0.4, 0.5) is 5.69 Å². The standard InChI is InChI=1S/C16H20N2O5/c1-3-23-15(20)9-8-14(19)18-13-6-4-12(5-7-13)16(21)17-10-11-22-2/h4-9H,3,10-11H2,1-2H3,(H,17,21)(H,18,19)/b9-8+. The molecule has 7 nitrogen and oxygen atoms in total. The van der Waals surface area contributed by atoms with Crippen LogP contribution in [0.15, 0.2) is 36.4 Å². The second kappa shape index (κ2) is 10.1. The van der Waals surface area contributed by atoms with Gasteiger partial charge in [-0.25, -0.2) is 4.79 Å². The van der Waals surface area contributed by atoms with Crippen molar-refractivity contribution in [2.45, 2.75) is 6.92 Å². The van der Waals surface area contributed by atoms with Gasteiger partial charge in [0.15, 0.2) is 0 Å². The maximum absolute atomic E-state index is 11.8. The highest BCUT2D eigenvalue weighted by Gasteiger charge is 2.05. The normalized spacial score (nSPS) is 10.3. The van der Waals surface area contributed by atoms with Crippen molar-refractivity contribution >= 4 is 23.5 Å². The molecule has 1 rings (SSSR count). The molecule has 0 bridgehead atoms. The number of esters is 1. The fourth-order valence-electron chi connectivity index (χ4n) is 1.59. The van der Waals surface area contributed by atoms with E-state index in [0.29, 0.717) is 24.4 Å². The Morgan fingerprint density at radius 1 is 1.13 bits per heavy atom. The van der Waals surface area contributed by atoms with Crippen molar-refractivity contribution in [1.29, 1.82) is 0 Å². The summed E-state index contributed by atoms with van der Waals surface area (Å²) >= 11 is 0. The van der Waals surface area contributed by atoms with E-state index in [-0.39, 0.29) is 12.5 Å². The zero-order chi connectivity index (χ0) is 17.1. The molecule has 0 heterocycles. The van der Waals surface area contributed by atoms with Gasteiger partial charge in [0, 0.05) is 37.1 Å². The lowest BCUT2D eigenvalue weighted by Gasteiger charge is -2.06. The molecule has 1 aromatic carbocycles. The predicted molar refractivity (Wildman–Crippen MR) is 85.1 cm³/mol. The first-order chi connectivity index (χ1) is 11.1. The molecule has 0 fully saturated rings. The summed E-state index contributed by atoms with van der Waals surface area (Å²) in [7, 11) is 1.56. The van der Waals surface area contributed by atoms with Crippen LogP contribution in [-0.4, -0.2) is 44.7 Å². The largest absolute Gasteiger partial charge is 0.463 e. The second-order valence-electron chi connectivity index (χ2n) is 4.40. The minimum atomic E-state index is -0.578. The van der Waals surface area contributed by atoms with Crippen molar-refractivity contribution in [3.8, 4) is 0 Å². The van der Waals surface area contributed by atoms with Crippen molar-refractivity contribution in [3.63, 3.8) is 0 Å². The summed E-state index contributed by atoms with van der Waals surface area (Å²) < 4.78 is 9.51. The zero-order valence-corrected chi connectivity index (χ0v) is 13.1. The highest BCUT2D eigenvalue weighted by atomic mass is 16.5. The van der Waals surface area contributed by atoms with E-state index in [1.54, 1.807) is 38.3 Å². The van der Waals surface area contributed by atoms with Crippen LogP contribution in [0.1, 0.15) is 17.3 Å². The van der Waals surface area contributed by atoms with Crippen molar-refractivity contribution < 1.29 is 23.9 Å². The van der Waals surface area contributed by atoms with Crippen LogP contribution in [0, 0.1) is 0 Å². The first-order valence-corrected chi connectivity index (χ1v) is 7.09. The summed E-state index contributed by atoms with van der Waals surface area (Å²) in [4.78, 5) is 34.5. The van der Waals surface area contributed by atoms with Gasteiger partial charge in [-0.1, -0.05) is 0 Å². The number of hydrogen-bond acceptors (Lipinski definition) is 5. The van der Waals surface area contributed by atoms with Crippen LogP contribution in [-0.2, 0) is 19.1 Å². The third kappa shape index (κ3) is 7.23. The van der Waals surface area contributed by atoms with Crippen LogP contribution in [0.3, 0.4) is 0 Å². The summed E-state index contributed by atoms with van der Waals surface area (Å²) in [6.45, 7) is 2.79. The number of carbonyl (C=O) groups is 3. The van der Waals surface area contributed by atoms with Crippen LogP contribution in [0.2, 0.25) is 0 Å². The van der Waals surface area contributed by atoms with Crippen molar-refractivity contribution in [2.75, 3.05) is 32.2 Å². The average Bonchev–Trinajstić information content (AvgIpc) is 2.54. The maximum atomic E-state index is 11.8. The molecule has 0 aliphatic rings. The maximum Gasteiger partial charge on any atom is 0.330 e. The third-order valence-corrected chi connectivity index (χ3v) is 2.66. The van der Waals surface area contributed by atoms with Gasteiger partial charge in [-0.05, 0) is 31.2 Å². The van der Waals surface area contributed by atoms with Gasteiger partial charge in [0.1, 0.15) is 0 Å². The third-order valence-electron chi connectivity index (χ3n) is 2.66. The SMILES string of the molecule is CCOC(=O)/C=C/C(=O)Nc1ccc(C(=O)NCCOC)cc1. The molecule has 7 heteroatoms. The number of anilines is 1. The molecule has 23 heavy (non-hydrogen) atoms. The molecule has 0 unspecified atom stereocenters. The Hall–Kier alpha value is -2.67. The second-order valence-corrected chi connectivity index (χ2v) is 4.40. The number of nitrogens with one attached hydrogen (secondary N) is 2. The predicted octanol–water partition coefficient (Wildman–Crippen LogP) is 1.12. The molecule has 0 aromatic heterocycles. The van der Waals surface area contributed by atoms with E-state index in [1.807, 2.05) is 0 Å². The summed E-state index contributed by atoms with van der Waals surface area (Å²) in [5, 5.41) is 5.26. The molecule has 2 amide bonds. The van der Waals surface area contributed by atoms with Gasteiger partial charge in [0.05, 0.1) is 13.2 Å². The number of rotatable bonds is 8. The molecular formula is C16H20N2O5. The Bertz CT molecular complexity index is 566. The van der Waals surface area contributed by atoms with E-state index in [9.17, 15) is 14.4 Å². The van der Waals surface area contributed by atoms with Crippen molar-refractivity contribution in [3.05, 3.63) is 42.0 Å². The minimum Gasteiger partial charge on any atom is -0.463 e. The molecule has 0 aliphatic heterocycles. The lowest BCUT2D eigenvalue weighted by Crippen LogP contribution is -2.26. The molecule has 1 aromatic rings. The highest BCUT2D eigenvalue weighted by molar-refractivity contribution is 6.03. The van der Waals surface area contributed by atoms with E-state index in [0.717, 1.165) is 12.2 Å². The van der Waals surface area contributed by atoms with Crippen LogP contribution < -0.4 is 10.6 Å². The smallest absolute Gasteiger partial charge is 0.330 e. The molecule has 2 N–H and O–H groups in total. The van der Waals surface area contributed by atoms with E-state index in [1.165, 1.54) is 0 Å². The van der Waals surface area contributed by atoms with Crippen LogP contribution >= 0.6 is 0 Å². The van der Waals surface area contributed by atoms with E-state index in [4.69, 9.17) is 4.74 Å². The Labute approximate surface area is 134 Å². The first-order valence-electron chi connectivity index (χ1n) is 7.09. The Morgan fingerprint density at radius 3 is 2.43 bits per heavy atom. The lowest BCUT2D eigenvalue weighted by atomic mass is 10.2. The summed E-state index contributed by atoms with van der Waals surface area (Å²) in [6, 6.07) is 6.38. The zero-order valence-electron chi connectivity index (χ0n) is 13.1. The lowest BCUT2D eigenvalue weighted by molar-refractivity contribution is -0.137.